The highest BCUT2D eigenvalue weighted by Gasteiger charge is 2.58. The molecule has 3 unspecified atom stereocenters. The first-order valence-electron chi connectivity index (χ1n) is 9.40. The van der Waals surface area contributed by atoms with Crippen LogP contribution in [0.1, 0.15) is 67.8 Å². The van der Waals surface area contributed by atoms with Crippen LogP contribution in [0.2, 0.25) is 0 Å². The maximum Gasteiger partial charge on any atom is 0.271 e. The molecule has 8 heteroatoms. The van der Waals surface area contributed by atoms with Gasteiger partial charge >= 0.3 is 0 Å². The summed E-state index contributed by atoms with van der Waals surface area (Å²) in [5.41, 5.74) is 0.643. The predicted molar refractivity (Wildman–Crippen MR) is 94.4 cm³/mol. The first-order chi connectivity index (χ1) is 12.5. The van der Waals surface area contributed by atoms with Gasteiger partial charge in [0.25, 0.3) is 5.91 Å². The van der Waals surface area contributed by atoms with Gasteiger partial charge < -0.3 is 19.7 Å². The van der Waals surface area contributed by atoms with Crippen LogP contribution in [-0.2, 0) is 6.54 Å². The molecule has 0 aliphatic heterocycles. The number of carbonyl (C=O) groups is 1. The van der Waals surface area contributed by atoms with Crippen molar-refractivity contribution in [2.24, 2.45) is 5.41 Å². The molecule has 4 rings (SSSR count). The van der Waals surface area contributed by atoms with Crippen molar-refractivity contribution in [3.8, 4) is 0 Å². The second-order valence-corrected chi connectivity index (χ2v) is 7.55. The molecule has 1 spiro atoms. The Labute approximate surface area is 152 Å². The fourth-order valence-corrected chi connectivity index (χ4v) is 4.26. The summed E-state index contributed by atoms with van der Waals surface area (Å²) >= 11 is 0. The van der Waals surface area contributed by atoms with Crippen LogP contribution in [-0.4, -0.2) is 37.7 Å². The maximum atomic E-state index is 12.5. The summed E-state index contributed by atoms with van der Waals surface area (Å²) in [4.78, 5) is 21.0. The van der Waals surface area contributed by atoms with Crippen LogP contribution in [0.5, 0.6) is 0 Å². The zero-order valence-corrected chi connectivity index (χ0v) is 15.5. The first-order valence-corrected chi connectivity index (χ1v) is 9.40. The van der Waals surface area contributed by atoms with Crippen molar-refractivity contribution in [1.82, 2.24) is 30.3 Å². The summed E-state index contributed by atoms with van der Waals surface area (Å²) < 4.78 is 6.99. The fourth-order valence-electron chi connectivity index (χ4n) is 4.26. The largest absolute Gasteiger partial charge is 0.347 e. The summed E-state index contributed by atoms with van der Waals surface area (Å²) in [6.45, 7) is 6.69. The number of hydrogen-bond donors (Lipinski definition) is 2. The summed E-state index contributed by atoms with van der Waals surface area (Å²) in [5.74, 6) is 1.20. The SMILES string of the molecule is CCn1cnc(C(=O)NC2CC(NC(C)c3noc(C)n3)C23CCC3)c1. The van der Waals surface area contributed by atoms with Crippen LogP contribution in [0.15, 0.2) is 17.0 Å². The second-order valence-electron chi connectivity index (χ2n) is 7.55. The molecule has 2 fully saturated rings. The monoisotopic (exact) mass is 358 g/mol. The molecule has 26 heavy (non-hydrogen) atoms. The van der Waals surface area contributed by atoms with Crippen LogP contribution >= 0.6 is 0 Å². The number of rotatable bonds is 6. The molecule has 0 bridgehead atoms. The molecule has 2 N–H and O–H groups in total. The Morgan fingerprint density at radius 1 is 1.46 bits per heavy atom. The Balaban J connectivity index is 1.38. The standard InChI is InChI=1S/C18H26N6O2/c1-4-24-9-13(19-10-24)17(25)22-15-8-14(18(15)6-5-7-18)20-11(2)16-21-12(3)26-23-16/h9-11,14-15,20H,4-8H2,1-3H3,(H,22,25). The van der Waals surface area contributed by atoms with Crippen LogP contribution in [0.4, 0.5) is 0 Å². The molecule has 3 atom stereocenters. The number of carbonyl (C=O) groups excluding carboxylic acids is 1. The van der Waals surface area contributed by atoms with E-state index in [4.69, 9.17) is 4.52 Å². The molecule has 0 radical (unpaired) electrons. The Morgan fingerprint density at radius 2 is 2.27 bits per heavy atom. The Kier molecular flexibility index (Phi) is 4.30. The smallest absolute Gasteiger partial charge is 0.271 e. The number of aryl methyl sites for hydroxylation is 2. The Morgan fingerprint density at radius 3 is 2.85 bits per heavy atom. The average Bonchev–Trinajstić information content (AvgIpc) is 3.20. The molecule has 0 saturated heterocycles. The van der Waals surface area contributed by atoms with Gasteiger partial charge in [-0.25, -0.2) is 4.98 Å². The van der Waals surface area contributed by atoms with E-state index in [1.54, 1.807) is 19.4 Å². The lowest BCUT2D eigenvalue weighted by atomic mass is 9.49. The van der Waals surface area contributed by atoms with Gasteiger partial charge in [-0.1, -0.05) is 11.6 Å². The van der Waals surface area contributed by atoms with Crippen molar-refractivity contribution >= 4 is 5.91 Å². The van der Waals surface area contributed by atoms with Crippen molar-refractivity contribution in [3.63, 3.8) is 0 Å². The Hall–Kier alpha value is -2.22. The molecule has 2 aliphatic rings. The van der Waals surface area contributed by atoms with E-state index in [2.05, 4.69) is 32.7 Å². The minimum Gasteiger partial charge on any atom is -0.347 e. The van der Waals surface area contributed by atoms with Crippen LogP contribution in [0.3, 0.4) is 0 Å². The van der Waals surface area contributed by atoms with Crippen LogP contribution < -0.4 is 10.6 Å². The molecule has 0 aromatic carbocycles. The molecule has 2 heterocycles. The number of nitrogens with one attached hydrogen (secondary N) is 2. The molecular formula is C18H26N6O2. The minimum absolute atomic E-state index is 0.0341. The average molecular weight is 358 g/mol. The third kappa shape index (κ3) is 2.82. The number of nitrogens with zero attached hydrogens (tertiary/aromatic N) is 4. The van der Waals surface area contributed by atoms with E-state index in [-0.39, 0.29) is 23.4 Å². The molecule has 1 amide bonds. The first kappa shape index (κ1) is 17.2. The van der Waals surface area contributed by atoms with Crippen LogP contribution in [0, 0.1) is 12.3 Å². The van der Waals surface area contributed by atoms with Gasteiger partial charge in [-0.15, -0.1) is 0 Å². The zero-order chi connectivity index (χ0) is 18.3. The molecule has 140 valence electrons. The van der Waals surface area contributed by atoms with Crippen molar-refractivity contribution in [3.05, 3.63) is 29.9 Å². The summed E-state index contributed by atoms with van der Waals surface area (Å²) in [6.07, 6.45) is 7.91. The highest BCUT2D eigenvalue weighted by molar-refractivity contribution is 5.92. The van der Waals surface area contributed by atoms with E-state index < -0.39 is 0 Å². The number of hydrogen-bond acceptors (Lipinski definition) is 6. The van der Waals surface area contributed by atoms with E-state index in [9.17, 15) is 4.79 Å². The fraction of sp³-hybridized carbons (Fsp3) is 0.667. The van der Waals surface area contributed by atoms with E-state index in [1.807, 2.05) is 11.5 Å². The molecule has 8 nitrogen and oxygen atoms in total. The lowest BCUT2D eigenvalue weighted by Crippen LogP contribution is -2.71. The number of imidazole rings is 1. The van der Waals surface area contributed by atoms with Gasteiger partial charge in [-0.3, -0.25) is 4.79 Å². The zero-order valence-electron chi connectivity index (χ0n) is 15.5. The topological polar surface area (TPSA) is 97.9 Å². The lowest BCUT2D eigenvalue weighted by molar-refractivity contribution is -0.0598. The molecule has 2 aromatic rings. The van der Waals surface area contributed by atoms with Crippen molar-refractivity contribution in [2.75, 3.05) is 0 Å². The molecule has 2 aromatic heterocycles. The highest BCUT2D eigenvalue weighted by atomic mass is 16.5. The van der Waals surface area contributed by atoms with Gasteiger partial charge in [0.2, 0.25) is 5.89 Å². The van der Waals surface area contributed by atoms with E-state index in [0.29, 0.717) is 23.5 Å². The van der Waals surface area contributed by atoms with Gasteiger partial charge in [0, 0.05) is 37.2 Å². The summed E-state index contributed by atoms with van der Waals surface area (Å²) in [5, 5.41) is 10.9. The Bertz CT molecular complexity index is 793. The summed E-state index contributed by atoms with van der Waals surface area (Å²) in [6, 6.07) is 0.600. The van der Waals surface area contributed by atoms with Gasteiger partial charge in [-0.05, 0) is 33.1 Å². The quantitative estimate of drug-likeness (QED) is 0.819. The normalized spacial score (nSPS) is 24.7. The van der Waals surface area contributed by atoms with Gasteiger partial charge in [0.1, 0.15) is 5.69 Å². The van der Waals surface area contributed by atoms with Crippen LogP contribution in [0.25, 0.3) is 0 Å². The van der Waals surface area contributed by atoms with Gasteiger partial charge in [0.15, 0.2) is 5.82 Å². The van der Waals surface area contributed by atoms with Gasteiger partial charge in [-0.2, -0.15) is 4.98 Å². The second kappa shape index (κ2) is 6.50. The molecule has 2 saturated carbocycles. The number of aromatic nitrogens is 4. The van der Waals surface area contributed by atoms with Crippen molar-refractivity contribution in [1.29, 1.82) is 0 Å². The highest BCUT2D eigenvalue weighted by Crippen LogP contribution is 2.56. The third-order valence-electron chi connectivity index (χ3n) is 6.06. The van der Waals surface area contributed by atoms with Crippen molar-refractivity contribution < 1.29 is 9.32 Å². The maximum absolute atomic E-state index is 12.5. The van der Waals surface area contributed by atoms with E-state index in [0.717, 1.165) is 25.8 Å². The molecule has 2 aliphatic carbocycles. The van der Waals surface area contributed by atoms with Crippen molar-refractivity contribution in [2.45, 2.75) is 71.1 Å². The van der Waals surface area contributed by atoms with E-state index >= 15 is 0 Å². The van der Waals surface area contributed by atoms with E-state index in [1.165, 1.54) is 6.42 Å². The summed E-state index contributed by atoms with van der Waals surface area (Å²) in [7, 11) is 0. The minimum atomic E-state index is -0.0752. The molecular weight excluding hydrogens is 332 g/mol. The van der Waals surface area contributed by atoms with Gasteiger partial charge in [0.05, 0.1) is 12.4 Å². The third-order valence-corrected chi connectivity index (χ3v) is 6.06. The lowest BCUT2D eigenvalue weighted by Gasteiger charge is -2.62. The predicted octanol–water partition coefficient (Wildman–Crippen LogP) is 1.99. The number of amides is 1.